The van der Waals surface area contributed by atoms with Crippen LogP contribution in [0, 0.1) is 0 Å². The van der Waals surface area contributed by atoms with Gasteiger partial charge < -0.3 is 15.4 Å². The maximum atomic E-state index is 12.3. The van der Waals surface area contributed by atoms with Crippen LogP contribution < -0.4 is 10.6 Å². The fourth-order valence-corrected chi connectivity index (χ4v) is 3.62. The normalized spacial score (nSPS) is 18.6. The monoisotopic (exact) mass is 387 g/mol. The van der Waals surface area contributed by atoms with Gasteiger partial charge in [-0.2, -0.15) is 0 Å². The Hall–Kier alpha value is -2.22. The highest BCUT2D eigenvalue weighted by Crippen LogP contribution is 2.10. The molecule has 1 aromatic carbocycles. The first-order valence-electron chi connectivity index (χ1n) is 9.12. The zero-order valence-corrected chi connectivity index (χ0v) is 16.2. The number of rotatable bonds is 7. The molecule has 7 heteroatoms. The molecule has 144 valence electrons. The molecule has 0 bridgehead atoms. The van der Waals surface area contributed by atoms with E-state index in [1.807, 2.05) is 29.6 Å². The molecule has 1 fully saturated rings. The average Bonchev–Trinajstić information content (AvgIpc) is 3.22. The van der Waals surface area contributed by atoms with Gasteiger partial charge in [0.05, 0.1) is 17.6 Å². The predicted molar refractivity (Wildman–Crippen MR) is 106 cm³/mol. The summed E-state index contributed by atoms with van der Waals surface area (Å²) in [7, 11) is 0. The van der Waals surface area contributed by atoms with Crippen molar-refractivity contribution in [1.82, 2.24) is 15.5 Å². The number of nitrogens with one attached hydrogen (secondary N) is 2. The van der Waals surface area contributed by atoms with E-state index in [2.05, 4.69) is 27.7 Å². The predicted octanol–water partition coefficient (Wildman–Crippen LogP) is 1.88. The van der Waals surface area contributed by atoms with E-state index in [1.165, 1.54) is 16.9 Å². The summed E-state index contributed by atoms with van der Waals surface area (Å²) in [5, 5.41) is 7.44. The van der Waals surface area contributed by atoms with Gasteiger partial charge in [-0.3, -0.25) is 14.5 Å². The Kier molecular flexibility index (Phi) is 6.98. The second-order valence-electron chi connectivity index (χ2n) is 6.63. The number of amides is 2. The highest BCUT2D eigenvalue weighted by Gasteiger charge is 2.23. The van der Waals surface area contributed by atoms with E-state index in [0.29, 0.717) is 18.0 Å². The van der Waals surface area contributed by atoms with E-state index < -0.39 is 6.04 Å². The molecule has 2 amide bonds. The minimum Gasteiger partial charge on any atom is -0.374 e. The van der Waals surface area contributed by atoms with Gasteiger partial charge in [-0.1, -0.05) is 36.4 Å². The molecule has 0 aliphatic carbocycles. The lowest BCUT2D eigenvalue weighted by Gasteiger charge is -2.33. The van der Waals surface area contributed by atoms with Crippen molar-refractivity contribution in [1.29, 1.82) is 0 Å². The van der Waals surface area contributed by atoms with Gasteiger partial charge in [-0.05, 0) is 23.9 Å². The van der Waals surface area contributed by atoms with E-state index in [9.17, 15) is 9.59 Å². The van der Waals surface area contributed by atoms with Crippen molar-refractivity contribution in [3.63, 3.8) is 0 Å². The number of ether oxygens (including phenoxy) is 1. The first kappa shape index (κ1) is 19.5. The summed E-state index contributed by atoms with van der Waals surface area (Å²) < 4.78 is 5.77. The molecule has 0 radical (unpaired) electrons. The molecule has 2 heterocycles. The van der Waals surface area contributed by atoms with Crippen LogP contribution in [0.2, 0.25) is 0 Å². The van der Waals surface area contributed by atoms with Crippen molar-refractivity contribution in [3.05, 3.63) is 58.3 Å². The molecule has 2 aromatic rings. The summed E-state index contributed by atoms with van der Waals surface area (Å²) in [5.41, 5.74) is 1.27. The van der Waals surface area contributed by atoms with Gasteiger partial charge in [0.1, 0.15) is 6.04 Å². The zero-order chi connectivity index (χ0) is 19.1. The highest BCUT2D eigenvalue weighted by molar-refractivity contribution is 7.12. The number of carbonyl (C=O) groups is 2. The lowest BCUT2D eigenvalue weighted by atomic mass is 10.2. The van der Waals surface area contributed by atoms with Crippen molar-refractivity contribution in [2.24, 2.45) is 0 Å². The molecule has 1 saturated heterocycles. The summed E-state index contributed by atoms with van der Waals surface area (Å²) in [6, 6.07) is 13.3. The molecular formula is C20H25N3O3S. The summed E-state index contributed by atoms with van der Waals surface area (Å²) >= 11 is 1.35. The van der Waals surface area contributed by atoms with Crippen molar-refractivity contribution in [2.45, 2.75) is 25.6 Å². The lowest BCUT2D eigenvalue weighted by Crippen LogP contribution is -2.50. The molecule has 6 nitrogen and oxygen atoms in total. The largest absolute Gasteiger partial charge is 0.374 e. The Bertz CT molecular complexity index is 736. The SMILES string of the molecule is C[C@@H](NC(=O)c1cccs1)C(=O)NC[C@H]1CN(Cc2ccccc2)CCO1. The first-order valence-corrected chi connectivity index (χ1v) is 10.00. The Balaban J connectivity index is 1.42. The third-order valence-electron chi connectivity index (χ3n) is 4.46. The highest BCUT2D eigenvalue weighted by atomic mass is 32.1. The van der Waals surface area contributed by atoms with E-state index >= 15 is 0 Å². The zero-order valence-electron chi connectivity index (χ0n) is 15.4. The number of thiophene rings is 1. The van der Waals surface area contributed by atoms with Gasteiger partial charge in [-0.15, -0.1) is 11.3 Å². The molecule has 1 aliphatic rings. The molecule has 2 N–H and O–H groups in total. The van der Waals surface area contributed by atoms with E-state index in [0.717, 1.165) is 19.6 Å². The number of nitrogens with zero attached hydrogens (tertiary/aromatic N) is 1. The minimum absolute atomic E-state index is 0.0494. The standard InChI is InChI=1S/C20H25N3O3S/c1-15(22-20(25)18-8-5-11-27-18)19(24)21-12-17-14-23(9-10-26-17)13-16-6-3-2-4-7-16/h2-8,11,15,17H,9-10,12-14H2,1H3,(H,21,24)(H,22,25)/t15-,17+/m1/s1. The Labute approximate surface area is 163 Å². The third-order valence-corrected chi connectivity index (χ3v) is 5.33. The number of morpholine rings is 1. The van der Waals surface area contributed by atoms with Gasteiger partial charge in [0.15, 0.2) is 0 Å². The van der Waals surface area contributed by atoms with Crippen molar-refractivity contribution in [3.8, 4) is 0 Å². The van der Waals surface area contributed by atoms with Crippen molar-refractivity contribution in [2.75, 3.05) is 26.2 Å². The summed E-state index contributed by atoms with van der Waals surface area (Å²) in [5.74, 6) is -0.431. The fraction of sp³-hybridized carbons (Fsp3) is 0.400. The molecule has 1 aliphatic heterocycles. The second kappa shape index (κ2) is 9.64. The molecule has 0 unspecified atom stereocenters. The van der Waals surface area contributed by atoms with Crippen LogP contribution in [0.3, 0.4) is 0 Å². The van der Waals surface area contributed by atoms with Crippen LogP contribution in [0.25, 0.3) is 0 Å². The first-order chi connectivity index (χ1) is 13.1. The van der Waals surface area contributed by atoms with Gasteiger partial charge in [0, 0.05) is 26.2 Å². The van der Waals surface area contributed by atoms with Crippen molar-refractivity contribution < 1.29 is 14.3 Å². The van der Waals surface area contributed by atoms with E-state index in [-0.39, 0.29) is 17.9 Å². The minimum atomic E-state index is -0.594. The molecular weight excluding hydrogens is 362 g/mol. The van der Waals surface area contributed by atoms with Gasteiger partial charge in [0.2, 0.25) is 5.91 Å². The molecule has 2 atom stereocenters. The maximum Gasteiger partial charge on any atom is 0.261 e. The van der Waals surface area contributed by atoms with Crippen LogP contribution in [0.4, 0.5) is 0 Å². The molecule has 1 aromatic heterocycles. The van der Waals surface area contributed by atoms with E-state index in [4.69, 9.17) is 4.74 Å². The Morgan fingerprint density at radius 1 is 1.26 bits per heavy atom. The number of hydrogen-bond donors (Lipinski definition) is 2. The third kappa shape index (κ3) is 5.89. The fourth-order valence-electron chi connectivity index (χ4n) is 3.00. The van der Waals surface area contributed by atoms with Crippen LogP contribution in [-0.4, -0.2) is 55.1 Å². The van der Waals surface area contributed by atoms with Crippen molar-refractivity contribution >= 4 is 23.2 Å². The Morgan fingerprint density at radius 3 is 2.81 bits per heavy atom. The van der Waals surface area contributed by atoms with Crippen LogP contribution >= 0.6 is 11.3 Å². The van der Waals surface area contributed by atoms with Gasteiger partial charge in [0.25, 0.3) is 5.91 Å². The molecule has 27 heavy (non-hydrogen) atoms. The summed E-state index contributed by atoms with van der Waals surface area (Å²) in [6.07, 6.45) is -0.0494. The maximum absolute atomic E-state index is 12.3. The second-order valence-corrected chi connectivity index (χ2v) is 7.58. The molecule has 0 saturated carbocycles. The quantitative estimate of drug-likeness (QED) is 0.761. The summed E-state index contributed by atoms with van der Waals surface area (Å²) in [4.78, 5) is 27.2. The van der Waals surface area contributed by atoms with Gasteiger partial charge >= 0.3 is 0 Å². The average molecular weight is 388 g/mol. The molecule has 3 rings (SSSR count). The van der Waals surface area contributed by atoms with Crippen LogP contribution in [0.5, 0.6) is 0 Å². The number of hydrogen-bond acceptors (Lipinski definition) is 5. The summed E-state index contributed by atoms with van der Waals surface area (Å²) in [6.45, 7) is 5.30. The van der Waals surface area contributed by atoms with E-state index in [1.54, 1.807) is 13.0 Å². The van der Waals surface area contributed by atoms with Gasteiger partial charge in [-0.25, -0.2) is 0 Å². The molecule has 0 spiro atoms. The van der Waals surface area contributed by atoms with Crippen LogP contribution in [0.15, 0.2) is 47.8 Å². The Morgan fingerprint density at radius 2 is 2.07 bits per heavy atom. The smallest absolute Gasteiger partial charge is 0.261 e. The lowest BCUT2D eigenvalue weighted by molar-refractivity contribution is -0.123. The topological polar surface area (TPSA) is 70.7 Å². The number of carbonyl (C=O) groups excluding carboxylic acids is 2. The van der Waals surface area contributed by atoms with Crippen LogP contribution in [-0.2, 0) is 16.1 Å². The number of benzene rings is 1. The van der Waals surface area contributed by atoms with Crippen LogP contribution in [0.1, 0.15) is 22.2 Å².